The van der Waals surface area contributed by atoms with Crippen molar-refractivity contribution in [2.75, 3.05) is 38.4 Å². The van der Waals surface area contributed by atoms with E-state index < -0.39 is 108 Å². The number of phenolic OH excluding ortho intramolecular Hbond substituents is 2. The van der Waals surface area contributed by atoms with E-state index in [0.717, 1.165) is 11.1 Å². The van der Waals surface area contributed by atoms with Crippen molar-refractivity contribution in [3.05, 3.63) is 109 Å². The van der Waals surface area contributed by atoms with Gasteiger partial charge in [-0.1, -0.05) is 30.3 Å². The number of nitrogens with one attached hydrogen (secondary N) is 1. The van der Waals surface area contributed by atoms with E-state index in [1.165, 1.54) is 55.8 Å². The van der Waals surface area contributed by atoms with Gasteiger partial charge in [0.25, 0.3) is 0 Å². The van der Waals surface area contributed by atoms with E-state index in [0.29, 0.717) is 39.0 Å². The molecule has 4 unspecified atom stereocenters. The predicted molar refractivity (Wildman–Crippen MR) is 265 cm³/mol. The van der Waals surface area contributed by atoms with Crippen LogP contribution in [0.4, 0.5) is 4.79 Å². The van der Waals surface area contributed by atoms with Crippen LogP contribution in [0.2, 0.25) is 0 Å². The Morgan fingerprint density at radius 3 is 2.28 bits per heavy atom. The van der Waals surface area contributed by atoms with E-state index in [9.17, 15) is 54.3 Å². The third kappa shape index (κ3) is 10.0. The molecule has 1 saturated heterocycles. The maximum absolute atomic E-state index is 14.0. The highest BCUT2D eigenvalue weighted by molar-refractivity contribution is 8.18. The highest BCUT2D eigenvalue weighted by Gasteiger charge is 2.50. The number of hydrogen-bond acceptors (Lipinski definition) is 19. The van der Waals surface area contributed by atoms with E-state index in [4.69, 9.17) is 28.1 Å². The van der Waals surface area contributed by atoms with Gasteiger partial charge >= 0.3 is 12.1 Å². The molecule has 18 nitrogen and oxygen atoms in total. The summed E-state index contributed by atoms with van der Waals surface area (Å²) >= 11 is 3.04. The zero-order valence-electron chi connectivity index (χ0n) is 40.3. The molecular weight excluding hydrogens is 975 g/mol. The second-order valence-electron chi connectivity index (χ2n) is 18.5. The van der Waals surface area contributed by atoms with E-state index >= 15 is 0 Å². The van der Waals surface area contributed by atoms with Gasteiger partial charge in [0.2, 0.25) is 11.2 Å². The van der Waals surface area contributed by atoms with Crippen molar-refractivity contribution in [2.45, 2.75) is 101 Å². The zero-order chi connectivity index (χ0) is 52.0. The molecule has 1 aliphatic heterocycles. The Hall–Kier alpha value is -6.00. The van der Waals surface area contributed by atoms with Gasteiger partial charge < -0.3 is 59.0 Å². The first kappa shape index (κ1) is 52.3. The number of Topliss-reactive ketones (excluding diaryl/α,β-unsaturated/α-hetero) is 1. The number of thioether (sulfide) groups is 2. The van der Waals surface area contributed by atoms with Gasteiger partial charge in [-0.3, -0.25) is 24.0 Å². The smallest absolute Gasteiger partial charge is 0.407 e. The number of aliphatic hydroxyl groups is 3. The Bertz CT molecular complexity index is 3080. The molecule has 20 heteroatoms. The van der Waals surface area contributed by atoms with Gasteiger partial charge in [0.15, 0.2) is 17.9 Å². The van der Waals surface area contributed by atoms with Crippen LogP contribution in [0.5, 0.6) is 17.2 Å². The van der Waals surface area contributed by atoms with Gasteiger partial charge in [0.05, 0.1) is 63.3 Å². The number of amides is 1. The molecule has 5 aromatic rings. The Morgan fingerprint density at radius 1 is 0.889 bits per heavy atom. The third-order valence-corrected chi connectivity index (χ3v) is 16.3. The molecule has 72 heavy (non-hydrogen) atoms. The normalized spacial score (nSPS) is 21.7. The number of ether oxygens (including phenoxy) is 5. The van der Waals surface area contributed by atoms with Crippen molar-refractivity contribution >= 4 is 74.9 Å². The second-order valence-corrected chi connectivity index (χ2v) is 22.2. The molecule has 1 amide bonds. The fourth-order valence-electron chi connectivity index (χ4n) is 9.54. The Morgan fingerprint density at radius 2 is 1.57 bits per heavy atom. The lowest BCUT2D eigenvalue weighted by Gasteiger charge is -2.42. The minimum Gasteiger partial charge on any atom is -0.507 e. The number of aryl methyl sites for hydroxylation is 2. The van der Waals surface area contributed by atoms with Crippen LogP contribution in [-0.2, 0) is 41.4 Å². The lowest BCUT2D eigenvalue weighted by Crippen LogP contribution is -2.56. The van der Waals surface area contributed by atoms with Crippen molar-refractivity contribution in [1.82, 2.24) is 5.32 Å². The maximum Gasteiger partial charge on any atom is 0.407 e. The molecule has 3 aliphatic rings. The number of para-hydroxylation sites is 1. The topological polar surface area (TPSA) is 275 Å². The number of carbonyl (C=O) groups excluding carboxylic acids is 5. The van der Waals surface area contributed by atoms with Crippen LogP contribution in [0.15, 0.2) is 57.7 Å². The number of aliphatic hydroxyl groups excluding tert-OH is 2. The first-order valence-electron chi connectivity index (χ1n) is 23.2. The van der Waals surface area contributed by atoms with Gasteiger partial charge in [0, 0.05) is 53.0 Å². The molecule has 2 aliphatic carbocycles. The summed E-state index contributed by atoms with van der Waals surface area (Å²) in [5, 5.41) is 59.5. The molecule has 2 heterocycles. The van der Waals surface area contributed by atoms with Gasteiger partial charge in [-0.15, -0.1) is 23.5 Å². The summed E-state index contributed by atoms with van der Waals surface area (Å²) in [4.78, 5) is 80.2. The van der Waals surface area contributed by atoms with Crippen LogP contribution in [-0.4, -0.2) is 128 Å². The third-order valence-electron chi connectivity index (χ3n) is 13.4. The van der Waals surface area contributed by atoms with Crippen LogP contribution < -0.4 is 15.5 Å². The predicted octanol–water partition coefficient (Wildman–Crippen LogP) is 5.63. The van der Waals surface area contributed by atoms with Gasteiger partial charge in [0.1, 0.15) is 59.9 Å². The van der Waals surface area contributed by atoms with E-state index in [-0.39, 0.29) is 63.6 Å². The van der Waals surface area contributed by atoms with Crippen molar-refractivity contribution in [2.24, 2.45) is 0 Å². The standard InChI is InChI=1S/C52H55NO17S2/c1-24-13-14-30-43(58)29-11-7-9-27(49(29)70-48(30)25(24)2)19-36(56)66-15-17-71-51(4,5)72-18-16-67-50(63)53-32-20-37(68-26(3)42(32)57)69-34-22-52(64,35(55)23-54)21-31-39(34)47(62)41-40(45(31)60)44(59)28-10-8-12-33(65-6)38(28)46(41)61/h7-14,26,32,34,37,42,54,57,60,62,64H,15-23H2,1-6H3,(H,53,63)/t26?,32?,34-,37?,42?,52-/m0/s1. The molecule has 0 saturated carbocycles. The highest BCUT2D eigenvalue weighted by Crippen LogP contribution is 2.52. The molecule has 8 rings (SSSR count). The van der Waals surface area contributed by atoms with Crippen LogP contribution in [0, 0.1) is 13.8 Å². The SMILES string of the molecule is COc1cccc2c1C(=O)c1c(O)c3c(c(O)c1C2=O)C[C@@](O)(C(=O)CO)C[C@@H]3OC1CC(NC(=O)OCCSC(C)(C)SCCOC(=O)Cc2cccc3c(=O)c4ccc(C)c(C)c4oc23)C(O)C(C)O1. The van der Waals surface area contributed by atoms with Gasteiger partial charge in [-0.2, -0.15) is 0 Å². The average Bonchev–Trinajstić information content (AvgIpc) is 3.34. The zero-order valence-corrected chi connectivity index (χ0v) is 42.0. The molecule has 382 valence electrons. The fraction of sp³-hybridized carbons (Fsp3) is 0.423. The summed E-state index contributed by atoms with van der Waals surface area (Å²) in [5.74, 6) is -3.78. The molecular formula is C52H55NO17S2. The maximum atomic E-state index is 14.0. The first-order valence-corrected chi connectivity index (χ1v) is 25.2. The highest BCUT2D eigenvalue weighted by atomic mass is 32.2. The lowest BCUT2D eigenvalue weighted by molar-refractivity contribution is -0.249. The number of fused-ring (bicyclic) bond motifs is 5. The number of methoxy groups -OCH3 is 1. The van der Waals surface area contributed by atoms with Crippen LogP contribution >= 0.6 is 23.5 Å². The summed E-state index contributed by atoms with van der Waals surface area (Å²) in [6.45, 7) is 8.31. The fourth-order valence-corrected chi connectivity index (χ4v) is 11.7. The minimum atomic E-state index is -2.37. The number of hydrogen-bond donors (Lipinski definition) is 6. The molecule has 0 spiro atoms. The van der Waals surface area contributed by atoms with E-state index in [2.05, 4.69) is 5.32 Å². The number of rotatable bonds is 16. The van der Waals surface area contributed by atoms with E-state index in [1.807, 2.05) is 33.8 Å². The monoisotopic (exact) mass is 1030 g/mol. The van der Waals surface area contributed by atoms with Crippen molar-refractivity contribution < 1.29 is 77.6 Å². The molecule has 1 fully saturated rings. The Labute approximate surface area is 421 Å². The summed E-state index contributed by atoms with van der Waals surface area (Å²) in [5.41, 5.74) is -1.11. The van der Waals surface area contributed by atoms with Crippen LogP contribution in [0.3, 0.4) is 0 Å². The lowest BCUT2D eigenvalue weighted by atomic mass is 9.72. The second kappa shape index (κ2) is 20.9. The molecule has 0 bridgehead atoms. The first-order chi connectivity index (χ1) is 34.2. The summed E-state index contributed by atoms with van der Waals surface area (Å²) in [7, 11) is 1.30. The molecule has 1 aromatic heterocycles. The number of esters is 1. The molecule has 0 radical (unpaired) electrons. The number of carbonyl (C=O) groups is 5. The number of ketones is 3. The quantitative estimate of drug-likeness (QED) is 0.0225. The van der Waals surface area contributed by atoms with Crippen molar-refractivity contribution in [3.8, 4) is 17.2 Å². The number of benzene rings is 4. The Kier molecular flexibility index (Phi) is 15.2. The summed E-state index contributed by atoms with van der Waals surface area (Å²) < 4.78 is 34.4. The largest absolute Gasteiger partial charge is 0.507 e. The van der Waals surface area contributed by atoms with Crippen LogP contribution in [0.25, 0.3) is 21.9 Å². The molecule has 6 N–H and O–H groups in total. The van der Waals surface area contributed by atoms with Crippen molar-refractivity contribution in [1.29, 1.82) is 0 Å². The average molecular weight is 1030 g/mol. The van der Waals surface area contributed by atoms with Crippen LogP contribution in [0.1, 0.15) is 99.4 Å². The van der Waals surface area contributed by atoms with Crippen molar-refractivity contribution in [3.63, 3.8) is 0 Å². The van der Waals surface area contributed by atoms with E-state index in [1.54, 1.807) is 24.3 Å². The number of phenols is 2. The minimum absolute atomic E-state index is 0.0131. The number of alkyl carbamates (subject to hydrolysis) is 1. The summed E-state index contributed by atoms with van der Waals surface area (Å²) in [6, 6.07) is 12.0. The summed E-state index contributed by atoms with van der Waals surface area (Å²) in [6.07, 6.45) is -7.42. The van der Waals surface area contributed by atoms with Gasteiger partial charge in [-0.25, -0.2) is 4.79 Å². The molecule has 6 atom stereocenters. The van der Waals surface area contributed by atoms with Gasteiger partial charge in [-0.05, 0) is 63.9 Å². The Balaban J connectivity index is 0.853. The number of aromatic hydroxyl groups is 2. The molecule has 4 aromatic carbocycles.